The van der Waals surface area contributed by atoms with E-state index >= 15 is 0 Å². The van der Waals surface area contributed by atoms with Crippen molar-refractivity contribution in [2.24, 2.45) is 10.2 Å². The number of hydrogen-bond donors (Lipinski definition) is 0. The van der Waals surface area contributed by atoms with Crippen molar-refractivity contribution in [3.8, 4) is 5.75 Å². The molecular weight excluding hydrogens is 415 g/mol. The molecule has 0 saturated carbocycles. The van der Waals surface area contributed by atoms with Crippen LogP contribution in [0.15, 0.2) is 83.0 Å². The van der Waals surface area contributed by atoms with Crippen molar-refractivity contribution >= 4 is 28.8 Å². The van der Waals surface area contributed by atoms with Crippen LogP contribution in [0.5, 0.6) is 5.75 Å². The average molecular weight is 436 g/mol. The molecular formula is C23H21FN4O4. The van der Waals surface area contributed by atoms with E-state index in [0.717, 1.165) is 12.2 Å². The van der Waals surface area contributed by atoms with E-state index in [1.165, 1.54) is 36.4 Å². The van der Waals surface area contributed by atoms with Crippen LogP contribution in [0.25, 0.3) is 0 Å². The first-order valence-corrected chi connectivity index (χ1v) is 9.90. The van der Waals surface area contributed by atoms with Gasteiger partial charge >= 0.3 is 6.04 Å². The molecule has 9 heteroatoms. The number of nitro groups is 1. The number of nitro benzene ring substituents is 1. The van der Waals surface area contributed by atoms with Crippen LogP contribution in [-0.4, -0.2) is 30.7 Å². The molecule has 8 nitrogen and oxygen atoms in total. The van der Waals surface area contributed by atoms with Gasteiger partial charge in [-0.25, -0.2) is 0 Å². The van der Waals surface area contributed by atoms with E-state index in [1.54, 1.807) is 12.1 Å². The minimum Gasteiger partial charge on any atom is -0.492 e. The lowest BCUT2D eigenvalue weighted by Crippen LogP contribution is -2.27. The minimum absolute atomic E-state index is 0.00153. The highest BCUT2D eigenvalue weighted by Gasteiger charge is 2.07. The van der Waals surface area contributed by atoms with E-state index < -0.39 is 11.0 Å². The number of anilines is 1. The van der Waals surface area contributed by atoms with Crippen molar-refractivity contribution in [3.63, 3.8) is 0 Å². The highest BCUT2D eigenvalue weighted by atomic mass is 19.1. The van der Waals surface area contributed by atoms with Crippen molar-refractivity contribution in [3.05, 3.63) is 88.5 Å². The highest BCUT2D eigenvalue weighted by molar-refractivity contribution is 5.88. The molecule has 164 valence electrons. The van der Waals surface area contributed by atoms with Crippen LogP contribution in [-0.2, 0) is 0 Å². The molecule has 0 aliphatic rings. The number of azo groups is 1. The molecule has 3 rings (SSSR count). The maximum absolute atomic E-state index is 12.6. The molecule has 0 aliphatic heterocycles. The predicted molar refractivity (Wildman–Crippen MR) is 119 cm³/mol. The Morgan fingerprint density at radius 2 is 1.53 bits per heavy atom. The van der Waals surface area contributed by atoms with Crippen molar-refractivity contribution < 1.29 is 18.8 Å². The summed E-state index contributed by atoms with van der Waals surface area (Å²) in [5.74, 6) is 0.563. The summed E-state index contributed by atoms with van der Waals surface area (Å²) in [6, 6.07) is 17.8. The summed E-state index contributed by atoms with van der Waals surface area (Å²) < 4.78 is 18.3. The van der Waals surface area contributed by atoms with Gasteiger partial charge < -0.3 is 9.64 Å². The lowest BCUT2D eigenvalue weighted by molar-refractivity contribution is -0.384. The van der Waals surface area contributed by atoms with Gasteiger partial charge in [0.1, 0.15) is 12.4 Å². The Kier molecular flexibility index (Phi) is 7.58. The fraction of sp³-hybridized carbons (Fsp3) is 0.174. The zero-order valence-corrected chi connectivity index (χ0v) is 17.3. The van der Waals surface area contributed by atoms with Gasteiger partial charge in [-0.05, 0) is 67.6 Å². The topological polar surface area (TPSA) is 97.4 Å². The second-order valence-electron chi connectivity index (χ2n) is 6.72. The van der Waals surface area contributed by atoms with Crippen LogP contribution >= 0.6 is 0 Å². The quantitative estimate of drug-likeness (QED) is 0.167. The number of hydrogen-bond acceptors (Lipinski definition) is 7. The molecule has 32 heavy (non-hydrogen) atoms. The lowest BCUT2D eigenvalue weighted by Gasteiger charge is -2.23. The van der Waals surface area contributed by atoms with Gasteiger partial charge in [-0.15, -0.1) is 0 Å². The molecule has 0 amide bonds. The molecule has 0 aromatic heterocycles. The molecule has 0 saturated heterocycles. The average Bonchev–Trinajstić information content (AvgIpc) is 2.81. The van der Waals surface area contributed by atoms with Crippen LogP contribution in [0.1, 0.15) is 17.3 Å². The largest absolute Gasteiger partial charge is 0.492 e. The van der Waals surface area contributed by atoms with E-state index in [9.17, 15) is 19.3 Å². The van der Waals surface area contributed by atoms with Crippen molar-refractivity contribution in [1.82, 2.24) is 0 Å². The van der Waals surface area contributed by atoms with Crippen LogP contribution in [0.4, 0.5) is 27.1 Å². The third kappa shape index (κ3) is 6.18. The van der Waals surface area contributed by atoms with E-state index in [1.807, 2.05) is 31.2 Å². The second-order valence-corrected chi connectivity index (χ2v) is 6.72. The van der Waals surface area contributed by atoms with E-state index in [2.05, 4.69) is 15.1 Å². The zero-order valence-electron chi connectivity index (χ0n) is 17.3. The molecule has 0 heterocycles. The van der Waals surface area contributed by atoms with Gasteiger partial charge in [0.25, 0.3) is 5.69 Å². The number of carbonyl (C=O) groups is 1. The standard InChI is InChI=1S/C23H21FN4O4/c1-2-27(15-16-32-22-13-3-17(4-14-22)23(24)29)20-9-5-18(6-10-20)25-26-19-7-11-21(12-8-19)28(30)31/h3-14H,2,15-16H2,1H3. The smallest absolute Gasteiger partial charge is 0.332 e. The van der Waals surface area contributed by atoms with Crippen LogP contribution in [0.3, 0.4) is 0 Å². The van der Waals surface area contributed by atoms with Gasteiger partial charge in [-0.1, -0.05) is 0 Å². The van der Waals surface area contributed by atoms with E-state index in [-0.39, 0.29) is 11.3 Å². The predicted octanol–water partition coefficient (Wildman–Crippen LogP) is 6.03. The van der Waals surface area contributed by atoms with Crippen LogP contribution < -0.4 is 9.64 Å². The summed E-state index contributed by atoms with van der Waals surface area (Å²) in [5, 5.41) is 18.9. The summed E-state index contributed by atoms with van der Waals surface area (Å²) >= 11 is 0. The summed E-state index contributed by atoms with van der Waals surface area (Å²) in [6.45, 7) is 3.84. The highest BCUT2D eigenvalue weighted by Crippen LogP contribution is 2.24. The number of benzene rings is 3. The van der Waals surface area contributed by atoms with Gasteiger partial charge in [0, 0.05) is 24.4 Å². The Hall–Kier alpha value is -4.14. The fourth-order valence-corrected chi connectivity index (χ4v) is 2.91. The number of nitrogens with zero attached hydrogens (tertiary/aromatic N) is 4. The Balaban J connectivity index is 1.54. The Bertz CT molecular complexity index is 1080. The normalized spacial score (nSPS) is 10.8. The van der Waals surface area contributed by atoms with Crippen LogP contribution in [0, 0.1) is 10.1 Å². The SMILES string of the molecule is CCN(CCOc1ccc(C(=O)F)cc1)c1ccc(N=Nc2ccc([N+](=O)[O-])cc2)cc1. The molecule has 0 atom stereocenters. The molecule has 0 unspecified atom stereocenters. The zero-order chi connectivity index (χ0) is 22.9. The van der Waals surface area contributed by atoms with Crippen molar-refractivity contribution in [2.45, 2.75) is 6.92 Å². The third-order valence-corrected chi connectivity index (χ3v) is 4.65. The first-order chi connectivity index (χ1) is 15.5. The monoisotopic (exact) mass is 436 g/mol. The molecule has 0 N–H and O–H groups in total. The van der Waals surface area contributed by atoms with Crippen molar-refractivity contribution in [2.75, 3.05) is 24.6 Å². The molecule has 0 spiro atoms. The number of likely N-dealkylation sites (N-methyl/N-ethyl adjacent to an activating group) is 1. The van der Waals surface area contributed by atoms with Crippen LogP contribution in [0.2, 0.25) is 0 Å². The summed E-state index contributed by atoms with van der Waals surface area (Å²) in [5.41, 5.74) is 2.17. The first-order valence-electron chi connectivity index (χ1n) is 9.90. The fourth-order valence-electron chi connectivity index (χ4n) is 2.91. The van der Waals surface area contributed by atoms with Gasteiger partial charge in [0.2, 0.25) is 0 Å². The summed E-state index contributed by atoms with van der Waals surface area (Å²) in [4.78, 5) is 23.0. The lowest BCUT2D eigenvalue weighted by atomic mass is 10.2. The summed E-state index contributed by atoms with van der Waals surface area (Å²) in [7, 11) is 0. The number of rotatable bonds is 10. The third-order valence-electron chi connectivity index (χ3n) is 4.65. The van der Waals surface area contributed by atoms with Crippen molar-refractivity contribution in [1.29, 1.82) is 0 Å². The second kappa shape index (κ2) is 10.8. The number of carbonyl (C=O) groups excluding carboxylic acids is 1. The molecule has 0 fully saturated rings. The van der Waals surface area contributed by atoms with Gasteiger partial charge in [-0.2, -0.15) is 14.6 Å². The molecule has 0 aliphatic carbocycles. The van der Waals surface area contributed by atoms with Gasteiger partial charge in [0.05, 0.1) is 28.4 Å². The number of halogens is 1. The minimum atomic E-state index is -1.47. The molecule has 0 bridgehead atoms. The first kappa shape index (κ1) is 22.5. The van der Waals surface area contributed by atoms with E-state index in [0.29, 0.717) is 30.3 Å². The molecule has 0 radical (unpaired) electrons. The maximum atomic E-state index is 12.6. The van der Waals surface area contributed by atoms with E-state index in [4.69, 9.17) is 4.74 Å². The Labute approximate surface area is 184 Å². The number of non-ortho nitro benzene ring substituents is 1. The Morgan fingerprint density at radius 1 is 0.969 bits per heavy atom. The molecule has 3 aromatic carbocycles. The number of ether oxygens (including phenoxy) is 1. The van der Waals surface area contributed by atoms with Gasteiger partial charge in [-0.3, -0.25) is 14.9 Å². The van der Waals surface area contributed by atoms with Gasteiger partial charge in [0.15, 0.2) is 0 Å². The Morgan fingerprint density at radius 3 is 2.03 bits per heavy atom. The maximum Gasteiger partial charge on any atom is 0.332 e. The summed E-state index contributed by atoms with van der Waals surface area (Å²) in [6.07, 6.45) is 0. The molecule has 3 aromatic rings.